The summed E-state index contributed by atoms with van der Waals surface area (Å²) in [5.74, 6) is 0. The van der Waals surface area contributed by atoms with Crippen LogP contribution < -0.4 is 0 Å². The van der Waals surface area contributed by atoms with E-state index < -0.39 is 20.4 Å². The second-order valence-electron chi connectivity index (χ2n) is 3.92. The number of halogens is 3. The van der Waals surface area contributed by atoms with Crippen LogP contribution in [0.1, 0.15) is 11.3 Å². The van der Waals surface area contributed by atoms with Crippen molar-refractivity contribution in [2.75, 3.05) is 13.6 Å². The Morgan fingerprint density at radius 2 is 2.06 bits per heavy atom. The maximum Gasteiger partial charge on any atom is 0.503 e. The molecule has 9 heteroatoms. The van der Waals surface area contributed by atoms with Crippen LogP contribution in [0.15, 0.2) is 5.03 Å². The van der Waals surface area contributed by atoms with Crippen molar-refractivity contribution in [3.05, 3.63) is 11.3 Å². The lowest BCUT2D eigenvalue weighted by Gasteiger charge is -2.21. The van der Waals surface area contributed by atoms with E-state index in [9.17, 15) is 21.6 Å². The van der Waals surface area contributed by atoms with Crippen LogP contribution in [0.2, 0.25) is 0 Å². The average Bonchev–Trinajstić information content (AvgIpc) is 2.58. The van der Waals surface area contributed by atoms with Crippen LogP contribution >= 0.6 is 0 Å². The van der Waals surface area contributed by atoms with E-state index in [4.69, 9.17) is 0 Å². The van der Waals surface area contributed by atoms with Gasteiger partial charge in [0.2, 0.25) is 0 Å². The highest BCUT2D eigenvalue weighted by atomic mass is 32.2. The first-order valence-corrected chi connectivity index (χ1v) is 6.28. The Hall–Kier alpha value is -1.09. The molecule has 2 rings (SSSR count). The Labute approximate surface area is 95.5 Å². The number of H-pyrrole nitrogens is 1. The zero-order valence-electron chi connectivity index (χ0n) is 8.87. The number of sulfone groups is 1. The number of aromatic amines is 1. The molecule has 0 fully saturated rings. The smallest absolute Gasteiger partial charge is 0.300 e. The largest absolute Gasteiger partial charge is 0.503 e. The van der Waals surface area contributed by atoms with Gasteiger partial charge in [0.15, 0.2) is 5.03 Å². The number of hydrogen-bond acceptors (Lipinski definition) is 4. The Kier molecular flexibility index (Phi) is 2.69. The molecule has 2 heterocycles. The molecule has 96 valence electrons. The molecule has 0 aliphatic carbocycles. The highest BCUT2D eigenvalue weighted by Gasteiger charge is 2.50. The number of rotatable bonds is 1. The summed E-state index contributed by atoms with van der Waals surface area (Å²) in [5, 5.41) is 4.79. The number of nitrogens with zero attached hydrogens (tertiary/aromatic N) is 2. The van der Waals surface area contributed by atoms with Crippen LogP contribution in [-0.2, 0) is 22.8 Å². The fourth-order valence-corrected chi connectivity index (χ4v) is 2.69. The van der Waals surface area contributed by atoms with Crippen molar-refractivity contribution in [1.29, 1.82) is 0 Å². The normalized spacial score (nSPS) is 18.1. The molecule has 0 unspecified atom stereocenters. The number of alkyl halides is 3. The molecule has 17 heavy (non-hydrogen) atoms. The van der Waals surface area contributed by atoms with Crippen molar-refractivity contribution in [3.63, 3.8) is 0 Å². The van der Waals surface area contributed by atoms with Crippen LogP contribution in [0.25, 0.3) is 0 Å². The van der Waals surface area contributed by atoms with E-state index in [1.807, 2.05) is 4.90 Å². The molecular formula is C8H10F3N3O2S. The fourth-order valence-electron chi connectivity index (χ4n) is 1.75. The summed E-state index contributed by atoms with van der Waals surface area (Å²) in [6.07, 6.45) is 0.243. The van der Waals surface area contributed by atoms with Gasteiger partial charge in [0.25, 0.3) is 9.84 Å². The summed E-state index contributed by atoms with van der Waals surface area (Å²) in [6, 6.07) is 0. The molecule has 5 nitrogen and oxygen atoms in total. The predicted molar refractivity (Wildman–Crippen MR) is 51.9 cm³/mol. The second-order valence-corrected chi connectivity index (χ2v) is 5.78. The van der Waals surface area contributed by atoms with Gasteiger partial charge in [0.1, 0.15) is 0 Å². The van der Waals surface area contributed by atoms with Gasteiger partial charge in [-0.1, -0.05) is 0 Å². The summed E-state index contributed by atoms with van der Waals surface area (Å²) in [7, 11) is -3.56. The Morgan fingerprint density at radius 3 is 2.65 bits per heavy atom. The van der Waals surface area contributed by atoms with E-state index in [0.717, 1.165) is 0 Å². The van der Waals surface area contributed by atoms with Gasteiger partial charge in [-0.15, -0.1) is 0 Å². The maximum atomic E-state index is 12.4. The van der Waals surface area contributed by atoms with Gasteiger partial charge in [-0.25, -0.2) is 8.42 Å². The number of fused-ring (bicyclic) bond motifs is 1. The third-order valence-corrected chi connectivity index (χ3v) is 4.10. The lowest BCUT2D eigenvalue weighted by molar-refractivity contribution is -0.0438. The van der Waals surface area contributed by atoms with Crippen molar-refractivity contribution >= 4 is 9.84 Å². The van der Waals surface area contributed by atoms with Crippen LogP contribution in [-0.4, -0.2) is 42.6 Å². The number of hydrogen-bond donors (Lipinski definition) is 1. The lowest BCUT2D eigenvalue weighted by atomic mass is 10.1. The molecule has 0 bridgehead atoms. The van der Waals surface area contributed by atoms with Crippen molar-refractivity contribution in [2.24, 2.45) is 0 Å². The average molecular weight is 269 g/mol. The Balaban J connectivity index is 2.50. The fraction of sp³-hybridized carbons (Fsp3) is 0.625. The van der Waals surface area contributed by atoms with Crippen molar-refractivity contribution < 1.29 is 21.6 Å². The van der Waals surface area contributed by atoms with Gasteiger partial charge in [-0.2, -0.15) is 18.3 Å². The molecule has 0 saturated heterocycles. The first-order chi connectivity index (χ1) is 7.73. The minimum Gasteiger partial charge on any atom is -0.300 e. The topological polar surface area (TPSA) is 66.1 Å². The van der Waals surface area contributed by atoms with Crippen molar-refractivity contribution in [2.45, 2.75) is 23.5 Å². The molecule has 1 aromatic heterocycles. The molecular weight excluding hydrogens is 259 g/mol. The third kappa shape index (κ3) is 1.93. The molecule has 0 saturated carbocycles. The molecule has 1 aromatic rings. The van der Waals surface area contributed by atoms with Gasteiger partial charge < -0.3 is 4.90 Å². The molecule has 1 aliphatic heterocycles. The first-order valence-electron chi connectivity index (χ1n) is 4.79. The molecule has 0 amide bonds. The van der Waals surface area contributed by atoms with E-state index in [0.29, 0.717) is 18.8 Å². The van der Waals surface area contributed by atoms with E-state index in [1.165, 1.54) is 0 Å². The molecule has 0 aromatic carbocycles. The third-order valence-electron chi connectivity index (χ3n) is 2.65. The van der Waals surface area contributed by atoms with E-state index in [-0.39, 0.29) is 12.0 Å². The highest BCUT2D eigenvalue weighted by Crippen LogP contribution is 2.33. The monoisotopic (exact) mass is 269 g/mol. The molecule has 1 N–H and O–H groups in total. The lowest BCUT2D eigenvalue weighted by Crippen LogP contribution is -2.29. The van der Waals surface area contributed by atoms with Gasteiger partial charge in [0, 0.05) is 18.7 Å². The van der Waals surface area contributed by atoms with E-state index in [1.54, 1.807) is 7.05 Å². The zero-order valence-corrected chi connectivity index (χ0v) is 9.69. The van der Waals surface area contributed by atoms with Gasteiger partial charge >= 0.3 is 5.51 Å². The molecule has 1 aliphatic rings. The summed E-state index contributed by atoms with van der Waals surface area (Å²) < 4.78 is 59.7. The van der Waals surface area contributed by atoms with Crippen molar-refractivity contribution in [3.8, 4) is 0 Å². The molecule has 0 radical (unpaired) electrons. The van der Waals surface area contributed by atoms with Crippen LogP contribution in [0.5, 0.6) is 0 Å². The van der Waals surface area contributed by atoms with Gasteiger partial charge in [-0.05, 0) is 13.5 Å². The van der Waals surface area contributed by atoms with E-state index >= 15 is 0 Å². The standard InChI is InChI=1S/C8H10F3N3O2S/c1-14-3-2-5-6(4-14)12-13-7(5)17(15,16)8(9,10)11/h2-4H2,1H3,(H,12,13). The minimum atomic E-state index is -5.35. The number of likely N-dealkylation sites (N-methyl/N-ethyl adjacent to an activating group) is 1. The predicted octanol–water partition coefficient (Wildman–Crippen LogP) is 0.691. The molecule has 0 spiro atoms. The summed E-state index contributed by atoms with van der Waals surface area (Å²) in [6.45, 7) is 0.878. The van der Waals surface area contributed by atoms with E-state index in [2.05, 4.69) is 10.2 Å². The number of nitrogens with one attached hydrogen (secondary N) is 1. The highest BCUT2D eigenvalue weighted by molar-refractivity contribution is 7.92. The number of aromatic nitrogens is 2. The second kappa shape index (κ2) is 3.70. The van der Waals surface area contributed by atoms with Crippen LogP contribution in [0, 0.1) is 0 Å². The Morgan fingerprint density at radius 1 is 1.41 bits per heavy atom. The first kappa shape index (κ1) is 12.4. The summed E-state index contributed by atoms with van der Waals surface area (Å²) >= 11 is 0. The Bertz CT molecular complexity index is 535. The van der Waals surface area contributed by atoms with Crippen LogP contribution in [0.4, 0.5) is 13.2 Å². The SMILES string of the molecule is CN1CCc2c(S(=O)(=O)C(F)(F)F)n[nH]c2C1. The van der Waals surface area contributed by atoms with Gasteiger partial charge in [-0.3, -0.25) is 5.10 Å². The van der Waals surface area contributed by atoms with Crippen LogP contribution in [0.3, 0.4) is 0 Å². The quantitative estimate of drug-likeness (QED) is 0.814. The summed E-state index contributed by atoms with van der Waals surface area (Å²) in [5.41, 5.74) is -4.72. The zero-order chi connectivity index (χ0) is 12.8. The van der Waals surface area contributed by atoms with Crippen molar-refractivity contribution in [1.82, 2.24) is 15.1 Å². The molecule has 0 atom stereocenters. The minimum absolute atomic E-state index is 0.153. The summed E-state index contributed by atoms with van der Waals surface area (Å²) in [4.78, 5) is 1.87. The van der Waals surface area contributed by atoms with Gasteiger partial charge in [0.05, 0.1) is 5.69 Å². The maximum absolute atomic E-state index is 12.4.